The maximum atomic E-state index is 12.1. The van der Waals surface area contributed by atoms with Crippen LogP contribution < -0.4 is 10.6 Å². The van der Waals surface area contributed by atoms with E-state index in [2.05, 4.69) is 42.9 Å². The van der Waals surface area contributed by atoms with E-state index < -0.39 is 5.60 Å². The Labute approximate surface area is 183 Å². The van der Waals surface area contributed by atoms with Gasteiger partial charge in [0.15, 0.2) is 5.96 Å². The molecule has 0 aliphatic carbocycles. The molecule has 2 fully saturated rings. The second-order valence-corrected chi connectivity index (χ2v) is 9.66. The van der Waals surface area contributed by atoms with Gasteiger partial charge in [-0.25, -0.2) is 4.79 Å². The summed E-state index contributed by atoms with van der Waals surface area (Å²) in [6, 6.07) is 4.66. The van der Waals surface area contributed by atoms with Gasteiger partial charge in [0, 0.05) is 44.6 Å². The number of morpholine rings is 1. The molecule has 0 bridgehead atoms. The summed E-state index contributed by atoms with van der Waals surface area (Å²) in [5.74, 6) is 0.873. The van der Waals surface area contributed by atoms with Crippen molar-refractivity contribution in [3.8, 4) is 0 Å². The molecule has 30 heavy (non-hydrogen) atoms. The quantitative estimate of drug-likeness (QED) is 0.544. The third-order valence-electron chi connectivity index (χ3n) is 5.23. The van der Waals surface area contributed by atoms with Crippen LogP contribution in [0.15, 0.2) is 22.5 Å². The van der Waals surface area contributed by atoms with Gasteiger partial charge in [-0.3, -0.25) is 9.89 Å². The second-order valence-electron chi connectivity index (χ2n) is 8.69. The molecule has 2 N–H and O–H groups in total. The summed E-state index contributed by atoms with van der Waals surface area (Å²) >= 11 is 1.79. The van der Waals surface area contributed by atoms with Gasteiger partial charge in [-0.15, -0.1) is 11.3 Å². The van der Waals surface area contributed by atoms with Crippen LogP contribution in [0.25, 0.3) is 0 Å². The SMILES string of the molecule is CN=C(NCC(c1cccs1)N1CCOCC1)N1CCC(NC(=O)OC(C)(C)C)C1. The smallest absolute Gasteiger partial charge is 0.407 e. The van der Waals surface area contributed by atoms with Crippen LogP contribution in [0.2, 0.25) is 0 Å². The molecule has 2 aliphatic heterocycles. The topological polar surface area (TPSA) is 78.4 Å². The maximum Gasteiger partial charge on any atom is 0.407 e. The Bertz CT molecular complexity index is 698. The average molecular weight is 438 g/mol. The molecular formula is C21H35N5O3S. The first-order chi connectivity index (χ1) is 14.4. The van der Waals surface area contributed by atoms with Crippen molar-refractivity contribution in [3.63, 3.8) is 0 Å². The van der Waals surface area contributed by atoms with E-state index in [1.165, 1.54) is 4.88 Å². The predicted molar refractivity (Wildman–Crippen MR) is 120 cm³/mol. The van der Waals surface area contributed by atoms with E-state index in [-0.39, 0.29) is 12.1 Å². The van der Waals surface area contributed by atoms with E-state index in [1.54, 1.807) is 11.3 Å². The van der Waals surface area contributed by atoms with Crippen LogP contribution in [-0.2, 0) is 9.47 Å². The Kier molecular flexibility index (Phi) is 7.96. The molecule has 9 heteroatoms. The summed E-state index contributed by atoms with van der Waals surface area (Å²) in [7, 11) is 1.81. The Morgan fingerprint density at radius 1 is 1.37 bits per heavy atom. The molecule has 0 spiro atoms. The van der Waals surface area contributed by atoms with Gasteiger partial charge in [0.1, 0.15) is 5.60 Å². The standard InChI is InChI=1S/C21H35N5O3S/c1-21(2,3)29-20(27)24-16-7-8-26(15-16)19(22-4)23-14-17(18-6-5-13-30-18)25-9-11-28-12-10-25/h5-6,13,16-17H,7-12,14-15H2,1-4H3,(H,22,23)(H,24,27). The number of thiophene rings is 1. The van der Waals surface area contributed by atoms with Crippen LogP contribution in [0.4, 0.5) is 4.79 Å². The minimum atomic E-state index is -0.490. The number of hydrogen-bond donors (Lipinski definition) is 2. The lowest BCUT2D eigenvalue weighted by Gasteiger charge is -2.35. The molecule has 8 nitrogen and oxygen atoms in total. The largest absolute Gasteiger partial charge is 0.444 e. The number of carbonyl (C=O) groups excluding carboxylic acids is 1. The Morgan fingerprint density at radius 2 is 2.13 bits per heavy atom. The van der Waals surface area contributed by atoms with Gasteiger partial charge in [-0.2, -0.15) is 0 Å². The van der Waals surface area contributed by atoms with Crippen LogP contribution in [0.3, 0.4) is 0 Å². The average Bonchev–Trinajstić information content (AvgIpc) is 3.37. The third-order valence-corrected chi connectivity index (χ3v) is 6.21. The number of guanidine groups is 1. The summed E-state index contributed by atoms with van der Waals surface area (Å²) in [6.45, 7) is 11.4. The molecule has 0 saturated carbocycles. The Hall–Kier alpha value is -1.84. The molecule has 168 valence electrons. The molecule has 1 aromatic rings. The first-order valence-corrected chi connectivity index (χ1v) is 11.5. The predicted octanol–water partition coefficient (Wildman–Crippen LogP) is 2.30. The van der Waals surface area contributed by atoms with Crippen molar-refractivity contribution in [2.75, 3.05) is 53.0 Å². The molecule has 3 rings (SSSR count). The number of ether oxygens (including phenoxy) is 2. The zero-order valence-electron chi connectivity index (χ0n) is 18.5. The highest BCUT2D eigenvalue weighted by molar-refractivity contribution is 7.10. The number of hydrogen-bond acceptors (Lipinski definition) is 6. The van der Waals surface area contributed by atoms with Crippen molar-refractivity contribution in [2.45, 2.75) is 44.9 Å². The summed E-state index contributed by atoms with van der Waals surface area (Å²) in [5.41, 5.74) is -0.490. The first-order valence-electron chi connectivity index (χ1n) is 10.7. The van der Waals surface area contributed by atoms with Crippen molar-refractivity contribution in [1.82, 2.24) is 20.4 Å². The fourth-order valence-corrected chi connectivity index (χ4v) is 4.71. The zero-order valence-corrected chi connectivity index (χ0v) is 19.3. The van der Waals surface area contributed by atoms with Crippen molar-refractivity contribution < 1.29 is 14.3 Å². The zero-order chi connectivity index (χ0) is 21.6. The molecule has 2 unspecified atom stereocenters. The molecule has 1 aromatic heterocycles. The minimum absolute atomic E-state index is 0.0609. The van der Waals surface area contributed by atoms with E-state index in [0.29, 0.717) is 6.04 Å². The van der Waals surface area contributed by atoms with Gasteiger partial charge in [-0.1, -0.05) is 6.07 Å². The van der Waals surface area contributed by atoms with Crippen LogP contribution >= 0.6 is 11.3 Å². The molecule has 0 radical (unpaired) electrons. The van der Waals surface area contributed by atoms with E-state index in [1.807, 2.05) is 27.8 Å². The number of nitrogens with one attached hydrogen (secondary N) is 2. The monoisotopic (exact) mass is 437 g/mol. The Balaban J connectivity index is 1.54. The molecule has 2 aliphatic rings. The van der Waals surface area contributed by atoms with Gasteiger partial charge in [0.25, 0.3) is 0 Å². The molecule has 2 atom stereocenters. The number of amides is 1. The third kappa shape index (κ3) is 6.58. The fourth-order valence-electron chi connectivity index (χ4n) is 3.84. The summed E-state index contributed by atoms with van der Waals surface area (Å²) in [4.78, 5) is 22.6. The van der Waals surface area contributed by atoms with Gasteiger partial charge in [-0.05, 0) is 38.6 Å². The molecule has 2 saturated heterocycles. The lowest BCUT2D eigenvalue weighted by molar-refractivity contribution is 0.0176. The van der Waals surface area contributed by atoms with E-state index in [4.69, 9.17) is 9.47 Å². The molecule has 3 heterocycles. The van der Waals surface area contributed by atoms with E-state index in [9.17, 15) is 4.79 Å². The highest BCUT2D eigenvalue weighted by Gasteiger charge is 2.29. The summed E-state index contributed by atoms with van der Waals surface area (Å²) in [5, 5.41) is 8.67. The number of carbonyl (C=O) groups is 1. The molecule has 0 aromatic carbocycles. The lowest BCUT2D eigenvalue weighted by Crippen LogP contribution is -2.47. The van der Waals surface area contributed by atoms with Crippen molar-refractivity contribution in [1.29, 1.82) is 0 Å². The number of alkyl carbamates (subject to hydrolysis) is 1. The second kappa shape index (κ2) is 10.5. The van der Waals surface area contributed by atoms with Crippen LogP contribution in [-0.4, -0.2) is 86.5 Å². The van der Waals surface area contributed by atoms with Gasteiger partial charge >= 0.3 is 6.09 Å². The highest BCUT2D eigenvalue weighted by Crippen LogP contribution is 2.25. The minimum Gasteiger partial charge on any atom is -0.444 e. The van der Waals surface area contributed by atoms with Crippen molar-refractivity contribution in [2.24, 2.45) is 4.99 Å². The highest BCUT2D eigenvalue weighted by atomic mass is 32.1. The number of rotatable bonds is 5. The van der Waals surface area contributed by atoms with Crippen LogP contribution in [0, 0.1) is 0 Å². The lowest BCUT2D eigenvalue weighted by atomic mass is 10.2. The number of likely N-dealkylation sites (tertiary alicyclic amines) is 1. The van der Waals surface area contributed by atoms with Crippen LogP contribution in [0.5, 0.6) is 0 Å². The Morgan fingerprint density at radius 3 is 2.77 bits per heavy atom. The van der Waals surface area contributed by atoms with Gasteiger partial charge in [0.2, 0.25) is 0 Å². The van der Waals surface area contributed by atoms with E-state index in [0.717, 1.165) is 58.3 Å². The normalized spacial score (nSPS) is 22.1. The number of nitrogens with zero attached hydrogens (tertiary/aromatic N) is 3. The van der Waals surface area contributed by atoms with Crippen molar-refractivity contribution in [3.05, 3.63) is 22.4 Å². The summed E-state index contributed by atoms with van der Waals surface area (Å²) < 4.78 is 10.9. The van der Waals surface area contributed by atoms with Gasteiger partial charge < -0.3 is 25.0 Å². The molecule has 1 amide bonds. The number of aliphatic imine (C=N–C) groups is 1. The fraction of sp³-hybridized carbons (Fsp3) is 0.714. The van der Waals surface area contributed by atoms with Gasteiger partial charge in [0.05, 0.1) is 25.3 Å². The van der Waals surface area contributed by atoms with Crippen LogP contribution in [0.1, 0.15) is 38.1 Å². The first kappa shape index (κ1) is 22.8. The maximum absolute atomic E-state index is 12.1. The summed E-state index contributed by atoms with van der Waals surface area (Å²) in [6.07, 6.45) is 0.514. The molecular weight excluding hydrogens is 402 g/mol. The van der Waals surface area contributed by atoms with E-state index >= 15 is 0 Å². The van der Waals surface area contributed by atoms with Crippen molar-refractivity contribution >= 4 is 23.4 Å².